The number of benzene rings is 1. The number of nitriles is 1. The van der Waals surface area contributed by atoms with E-state index in [0.29, 0.717) is 6.42 Å². The van der Waals surface area contributed by atoms with E-state index >= 15 is 0 Å². The van der Waals surface area contributed by atoms with E-state index in [-0.39, 0.29) is 0 Å². The first-order chi connectivity index (χ1) is 8.11. The molecule has 2 rings (SSSR count). The van der Waals surface area contributed by atoms with Gasteiger partial charge in [0.1, 0.15) is 9.61 Å². The molecule has 0 saturated carbocycles. The van der Waals surface area contributed by atoms with E-state index in [4.69, 9.17) is 5.26 Å². The maximum absolute atomic E-state index is 8.73. The lowest BCUT2D eigenvalue weighted by Crippen LogP contribution is -1.83. The van der Waals surface area contributed by atoms with E-state index in [1.807, 2.05) is 0 Å². The molecule has 0 N–H and O–H groups in total. The van der Waals surface area contributed by atoms with Gasteiger partial charge in [-0.15, -0.1) is 11.3 Å². The Bertz CT molecular complexity index is 596. The third-order valence-electron chi connectivity index (χ3n) is 2.51. The zero-order valence-corrected chi connectivity index (χ0v) is 12.0. The van der Waals surface area contributed by atoms with Crippen LogP contribution in [0.2, 0.25) is 0 Å². The van der Waals surface area contributed by atoms with Gasteiger partial charge in [-0.25, -0.2) is 4.98 Å². The average Bonchev–Trinajstić information content (AvgIpc) is 2.64. The summed E-state index contributed by atoms with van der Waals surface area (Å²) in [6.45, 7) is 4.15. The van der Waals surface area contributed by atoms with Gasteiger partial charge >= 0.3 is 0 Å². The minimum atomic E-state index is 0.406. The molecule has 0 saturated heterocycles. The molecule has 0 radical (unpaired) electrons. The first-order valence-electron chi connectivity index (χ1n) is 5.21. The van der Waals surface area contributed by atoms with Crippen LogP contribution in [0, 0.1) is 25.2 Å². The molecule has 1 aromatic carbocycles. The first-order valence-corrected chi connectivity index (χ1v) is 6.82. The van der Waals surface area contributed by atoms with Crippen LogP contribution in [-0.4, -0.2) is 4.98 Å². The van der Waals surface area contributed by atoms with Crippen molar-refractivity contribution in [1.82, 2.24) is 4.98 Å². The Kier molecular flexibility index (Phi) is 3.60. The van der Waals surface area contributed by atoms with Gasteiger partial charge in [0.2, 0.25) is 0 Å². The van der Waals surface area contributed by atoms with E-state index in [1.54, 1.807) is 11.3 Å². The fraction of sp³-hybridized carbons (Fsp3) is 0.231. The van der Waals surface area contributed by atoms with Crippen LogP contribution in [0.1, 0.15) is 16.0 Å². The van der Waals surface area contributed by atoms with Crippen molar-refractivity contribution in [2.75, 3.05) is 0 Å². The SMILES string of the molecule is Cc1ccc(C)c(-c2nc(Br)c(CC#N)s2)c1. The molecule has 0 amide bonds. The van der Waals surface area contributed by atoms with Gasteiger partial charge in [0.15, 0.2) is 0 Å². The molecule has 0 atom stereocenters. The summed E-state index contributed by atoms with van der Waals surface area (Å²) in [6.07, 6.45) is 0.406. The molecule has 1 heterocycles. The van der Waals surface area contributed by atoms with Gasteiger partial charge < -0.3 is 0 Å². The Morgan fingerprint density at radius 1 is 1.41 bits per heavy atom. The van der Waals surface area contributed by atoms with Gasteiger partial charge in [0.25, 0.3) is 0 Å². The molecule has 0 bridgehead atoms. The lowest BCUT2D eigenvalue weighted by Gasteiger charge is -2.02. The predicted octanol–water partition coefficient (Wildman–Crippen LogP) is 4.26. The maximum Gasteiger partial charge on any atom is 0.125 e. The summed E-state index contributed by atoms with van der Waals surface area (Å²) in [7, 11) is 0. The second kappa shape index (κ2) is 4.99. The first kappa shape index (κ1) is 12.3. The highest BCUT2D eigenvalue weighted by Gasteiger charge is 2.12. The van der Waals surface area contributed by atoms with Gasteiger partial charge in [-0.3, -0.25) is 0 Å². The van der Waals surface area contributed by atoms with Crippen LogP contribution in [0.25, 0.3) is 10.6 Å². The third-order valence-corrected chi connectivity index (χ3v) is 4.52. The molecule has 2 nitrogen and oxygen atoms in total. The summed E-state index contributed by atoms with van der Waals surface area (Å²) in [5, 5.41) is 9.71. The summed E-state index contributed by atoms with van der Waals surface area (Å²) in [4.78, 5) is 5.47. The second-order valence-corrected chi connectivity index (χ2v) is 5.72. The van der Waals surface area contributed by atoms with Crippen LogP contribution in [0.15, 0.2) is 22.8 Å². The van der Waals surface area contributed by atoms with E-state index < -0.39 is 0 Å². The number of rotatable bonds is 2. The Morgan fingerprint density at radius 3 is 2.88 bits per heavy atom. The Balaban J connectivity index is 2.50. The zero-order chi connectivity index (χ0) is 12.4. The Hall–Kier alpha value is -1.18. The summed E-state index contributed by atoms with van der Waals surface area (Å²) in [6, 6.07) is 8.49. The molecule has 0 unspecified atom stereocenters. The molecule has 86 valence electrons. The predicted molar refractivity (Wildman–Crippen MR) is 74.0 cm³/mol. The molecule has 0 aliphatic carbocycles. The highest BCUT2D eigenvalue weighted by molar-refractivity contribution is 9.10. The Morgan fingerprint density at radius 2 is 2.18 bits per heavy atom. The summed E-state index contributed by atoms with van der Waals surface area (Å²) in [5.41, 5.74) is 3.58. The van der Waals surface area contributed by atoms with Crippen LogP contribution in [0.5, 0.6) is 0 Å². The average molecular weight is 307 g/mol. The monoisotopic (exact) mass is 306 g/mol. The van der Waals surface area contributed by atoms with Crippen molar-refractivity contribution in [1.29, 1.82) is 5.26 Å². The van der Waals surface area contributed by atoms with E-state index in [1.165, 1.54) is 11.1 Å². The minimum absolute atomic E-state index is 0.406. The number of aryl methyl sites for hydroxylation is 2. The van der Waals surface area contributed by atoms with Crippen molar-refractivity contribution in [3.05, 3.63) is 38.8 Å². The quantitative estimate of drug-likeness (QED) is 0.831. The summed E-state index contributed by atoms with van der Waals surface area (Å²) < 4.78 is 0.792. The van der Waals surface area contributed by atoms with Crippen LogP contribution in [-0.2, 0) is 6.42 Å². The lowest BCUT2D eigenvalue weighted by molar-refractivity contribution is 1.24. The molecule has 2 aromatic rings. The van der Waals surface area contributed by atoms with Crippen molar-refractivity contribution in [3.8, 4) is 16.6 Å². The van der Waals surface area contributed by atoms with Gasteiger partial charge in [0.05, 0.1) is 17.4 Å². The Labute approximate surface area is 113 Å². The van der Waals surface area contributed by atoms with Gasteiger partial charge in [-0.2, -0.15) is 5.26 Å². The molecule has 4 heteroatoms. The zero-order valence-electron chi connectivity index (χ0n) is 9.62. The lowest BCUT2D eigenvalue weighted by atomic mass is 10.1. The fourth-order valence-electron chi connectivity index (χ4n) is 1.60. The van der Waals surface area contributed by atoms with Gasteiger partial charge in [-0.1, -0.05) is 17.7 Å². The van der Waals surface area contributed by atoms with Crippen molar-refractivity contribution < 1.29 is 0 Å². The summed E-state index contributed by atoms with van der Waals surface area (Å²) >= 11 is 4.99. The third kappa shape index (κ3) is 2.56. The van der Waals surface area contributed by atoms with Crippen molar-refractivity contribution in [2.45, 2.75) is 20.3 Å². The molecule has 1 aromatic heterocycles. The largest absolute Gasteiger partial charge is 0.229 e. The van der Waals surface area contributed by atoms with Crippen molar-refractivity contribution >= 4 is 27.3 Å². The normalized spacial score (nSPS) is 10.2. The van der Waals surface area contributed by atoms with Crippen LogP contribution < -0.4 is 0 Å². The standard InChI is InChI=1S/C13H11BrN2S/c1-8-3-4-9(2)10(7-8)13-16-12(14)11(17-13)5-6-15/h3-4,7H,5H2,1-2H3. The fourth-order valence-corrected chi connectivity index (χ4v) is 3.24. The molecule has 0 fully saturated rings. The number of halogens is 1. The molecule has 17 heavy (non-hydrogen) atoms. The number of aromatic nitrogens is 1. The molecule has 0 spiro atoms. The van der Waals surface area contributed by atoms with Gasteiger partial charge in [0, 0.05) is 5.56 Å². The maximum atomic E-state index is 8.73. The van der Waals surface area contributed by atoms with E-state index in [9.17, 15) is 0 Å². The molecule has 0 aliphatic rings. The number of hydrogen-bond acceptors (Lipinski definition) is 3. The molecular formula is C13H11BrN2S. The number of thiazole rings is 1. The van der Waals surface area contributed by atoms with Crippen molar-refractivity contribution in [3.63, 3.8) is 0 Å². The highest BCUT2D eigenvalue weighted by Crippen LogP contribution is 2.33. The van der Waals surface area contributed by atoms with Crippen LogP contribution in [0.4, 0.5) is 0 Å². The second-order valence-electron chi connectivity index (χ2n) is 3.89. The summed E-state index contributed by atoms with van der Waals surface area (Å²) in [5.74, 6) is 0. The van der Waals surface area contributed by atoms with Crippen molar-refractivity contribution in [2.24, 2.45) is 0 Å². The van der Waals surface area contributed by atoms with Crippen LogP contribution in [0.3, 0.4) is 0 Å². The van der Waals surface area contributed by atoms with Crippen LogP contribution >= 0.6 is 27.3 Å². The minimum Gasteiger partial charge on any atom is -0.229 e. The number of nitrogens with zero attached hydrogens (tertiary/aromatic N) is 2. The number of hydrogen-bond donors (Lipinski definition) is 0. The topological polar surface area (TPSA) is 36.7 Å². The van der Waals surface area contributed by atoms with E-state index in [2.05, 4.69) is 59.0 Å². The highest BCUT2D eigenvalue weighted by atomic mass is 79.9. The van der Waals surface area contributed by atoms with Gasteiger partial charge in [-0.05, 0) is 41.4 Å². The molecular weight excluding hydrogens is 296 g/mol. The smallest absolute Gasteiger partial charge is 0.125 e. The van der Waals surface area contributed by atoms with E-state index in [0.717, 1.165) is 20.1 Å². The molecule has 0 aliphatic heterocycles.